The molecule has 92 valence electrons. The van der Waals surface area contributed by atoms with Crippen molar-refractivity contribution in [1.29, 1.82) is 0 Å². The van der Waals surface area contributed by atoms with Gasteiger partial charge in [0.1, 0.15) is 5.75 Å². The molecule has 1 aromatic rings. The second kappa shape index (κ2) is 3.98. The minimum Gasteiger partial charge on any atom is -0.493 e. The van der Waals surface area contributed by atoms with Crippen LogP contribution in [0.1, 0.15) is 19.4 Å². The topological polar surface area (TPSA) is 38.5 Å². The van der Waals surface area contributed by atoms with E-state index < -0.39 is 5.82 Å². The van der Waals surface area contributed by atoms with Gasteiger partial charge < -0.3 is 4.74 Å². The SMILES string of the molecule is CO[N+](=O)c1cc2c(cc1F)OCC(C)(C)C2. The molecule has 0 aromatic heterocycles. The number of hydrogen-bond donors (Lipinski definition) is 0. The molecule has 0 radical (unpaired) electrons. The minimum absolute atomic E-state index is 0.0110. The Morgan fingerprint density at radius 3 is 2.82 bits per heavy atom. The van der Waals surface area contributed by atoms with Crippen LogP contribution < -0.4 is 4.74 Å². The average Bonchev–Trinajstić information content (AvgIpc) is 2.27. The van der Waals surface area contributed by atoms with E-state index in [1.807, 2.05) is 0 Å². The van der Waals surface area contributed by atoms with Crippen LogP contribution >= 0.6 is 0 Å². The van der Waals surface area contributed by atoms with Gasteiger partial charge in [-0.3, -0.25) is 0 Å². The van der Waals surface area contributed by atoms with Gasteiger partial charge in [0.05, 0.1) is 11.5 Å². The molecule has 1 aliphatic rings. The first-order valence-corrected chi connectivity index (χ1v) is 5.39. The normalized spacial score (nSPS) is 16.9. The maximum Gasteiger partial charge on any atom is 0.352 e. The smallest absolute Gasteiger partial charge is 0.352 e. The molecule has 0 saturated heterocycles. The second-order valence-electron chi connectivity index (χ2n) is 4.98. The summed E-state index contributed by atoms with van der Waals surface area (Å²) in [5.74, 6) is -0.129. The molecule has 0 aliphatic carbocycles. The summed E-state index contributed by atoms with van der Waals surface area (Å²) in [7, 11) is 1.20. The fourth-order valence-electron chi connectivity index (χ4n) is 1.94. The second-order valence-corrected chi connectivity index (χ2v) is 4.98. The Labute approximate surface area is 98.9 Å². The number of rotatable bonds is 2. The van der Waals surface area contributed by atoms with Crippen molar-refractivity contribution >= 4 is 5.69 Å². The Balaban J connectivity index is 2.44. The van der Waals surface area contributed by atoms with E-state index in [0.29, 0.717) is 12.4 Å². The summed E-state index contributed by atoms with van der Waals surface area (Å²) in [4.78, 5) is 15.9. The van der Waals surface area contributed by atoms with Crippen molar-refractivity contribution in [1.82, 2.24) is 0 Å². The van der Waals surface area contributed by atoms with Gasteiger partial charge in [-0.25, -0.2) is 4.84 Å². The van der Waals surface area contributed by atoms with E-state index in [-0.39, 0.29) is 16.0 Å². The summed E-state index contributed by atoms with van der Waals surface area (Å²) in [5, 5.41) is 0. The first kappa shape index (κ1) is 11.8. The maximum absolute atomic E-state index is 13.6. The van der Waals surface area contributed by atoms with Crippen molar-refractivity contribution in [3.63, 3.8) is 0 Å². The molecule has 5 heteroatoms. The highest BCUT2D eigenvalue weighted by Crippen LogP contribution is 2.37. The van der Waals surface area contributed by atoms with Gasteiger partial charge in [0.2, 0.25) is 5.82 Å². The van der Waals surface area contributed by atoms with Crippen LogP contribution in [0.3, 0.4) is 0 Å². The van der Waals surface area contributed by atoms with Gasteiger partial charge in [-0.05, 0) is 6.42 Å². The molecule has 2 rings (SSSR count). The monoisotopic (exact) mass is 240 g/mol. The molecule has 0 unspecified atom stereocenters. The third kappa shape index (κ3) is 2.23. The molecule has 0 amide bonds. The predicted octanol–water partition coefficient (Wildman–Crippen LogP) is 2.76. The third-order valence-electron chi connectivity index (χ3n) is 2.78. The van der Waals surface area contributed by atoms with Crippen LogP contribution in [0.4, 0.5) is 10.1 Å². The molecular weight excluding hydrogens is 225 g/mol. The largest absolute Gasteiger partial charge is 0.493 e. The van der Waals surface area contributed by atoms with E-state index in [9.17, 15) is 9.30 Å². The highest BCUT2D eigenvalue weighted by molar-refractivity contribution is 5.46. The molecule has 17 heavy (non-hydrogen) atoms. The number of halogens is 1. The Kier molecular flexibility index (Phi) is 2.77. The van der Waals surface area contributed by atoms with Crippen LogP contribution in [-0.4, -0.2) is 18.6 Å². The number of fused-ring (bicyclic) bond motifs is 1. The maximum atomic E-state index is 13.6. The Morgan fingerprint density at radius 2 is 2.18 bits per heavy atom. The van der Waals surface area contributed by atoms with E-state index in [4.69, 9.17) is 4.74 Å². The van der Waals surface area contributed by atoms with Crippen molar-refractivity contribution in [2.75, 3.05) is 13.7 Å². The lowest BCUT2D eigenvalue weighted by Crippen LogP contribution is -2.29. The van der Waals surface area contributed by atoms with E-state index in [1.165, 1.54) is 19.2 Å². The van der Waals surface area contributed by atoms with Crippen LogP contribution in [0, 0.1) is 16.1 Å². The van der Waals surface area contributed by atoms with E-state index in [1.54, 1.807) is 0 Å². The van der Waals surface area contributed by atoms with Gasteiger partial charge in [0.25, 0.3) is 4.92 Å². The molecule has 0 spiro atoms. The third-order valence-corrected chi connectivity index (χ3v) is 2.78. The lowest BCUT2D eigenvalue weighted by Gasteiger charge is -2.31. The fraction of sp³-hybridized carbons (Fsp3) is 0.500. The predicted molar refractivity (Wildman–Crippen MR) is 59.7 cm³/mol. The Hall–Kier alpha value is -1.65. The van der Waals surface area contributed by atoms with Gasteiger partial charge in [0, 0.05) is 23.1 Å². The zero-order valence-electron chi connectivity index (χ0n) is 10.1. The molecule has 0 fully saturated rings. The van der Waals surface area contributed by atoms with E-state index in [0.717, 1.165) is 12.0 Å². The molecule has 0 bridgehead atoms. The van der Waals surface area contributed by atoms with E-state index >= 15 is 0 Å². The van der Waals surface area contributed by atoms with Crippen molar-refractivity contribution in [2.24, 2.45) is 5.41 Å². The number of nitrogens with zero attached hydrogens (tertiary/aromatic N) is 1. The lowest BCUT2D eigenvalue weighted by molar-refractivity contribution is -0.737. The average molecular weight is 240 g/mol. The van der Waals surface area contributed by atoms with Gasteiger partial charge in [-0.2, -0.15) is 4.39 Å². The van der Waals surface area contributed by atoms with Crippen LogP contribution in [-0.2, 0) is 11.3 Å². The molecule has 4 nitrogen and oxygen atoms in total. The number of hydrogen-bond acceptors (Lipinski definition) is 3. The van der Waals surface area contributed by atoms with Crippen molar-refractivity contribution in [3.8, 4) is 5.75 Å². The summed E-state index contributed by atoms with van der Waals surface area (Å²) in [5.41, 5.74) is 0.700. The first-order chi connectivity index (χ1) is 7.93. The van der Waals surface area contributed by atoms with Gasteiger partial charge in [-0.1, -0.05) is 13.8 Å². The standard InChI is InChI=1S/C12H15FNO3/c1-12(2)6-8-4-10(14(15)16-3)9(13)5-11(8)17-7-12/h4-5H,6-7H2,1-3H3/q+1. The summed E-state index contributed by atoms with van der Waals surface area (Å²) in [6, 6.07) is 2.73. The van der Waals surface area contributed by atoms with Gasteiger partial charge >= 0.3 is 5.69 Å². The molecule has 1 aromatic carbocycles. The molecule has 1 heterocycles. The van der Waals surface area contributed by atoms with Gasteiger partial charge in [0.15, 0.2) is 7.11 Å². The highest BCUT2D eigenvalue weighted by atomic mass is 19.1. The summed E-state index contributed by atoms with van der Waals surface area (Å²) in [6.45, 7) is 4.67. The number of benzene rings is 1. The quantitative estimate of drug-likeness (QED) is 0.746. The lowest BCUT2D eigenvalue weighted by atomic mass is 9.84. The minimum atomic E-state index is -0.639. The zero-order valence-corrected chi connectivity index (χ0v) is 10.1. The Bertz CT molecular complexity index is 471. The first-order valence-electron chi connectivity index (χ1n) is 5.39. The molecule has 1 aliphatic heterocycles. The molecule has 0 saturated carbocycles. The summed E-state index contributed by atoms with van der Waals surface area (Å²) >= 11 is 0. The van der Waals surface area contributed by atoms with Crippen LogP contribution in [0.2, 0.25) is 0 Å². The van der Waals surface area contributed by atoms with Crippen LogP contribution in [0.15, 0.2) is 12.1 Å². The van der Waals surface area contributed by atoms with Crippen molar-refractivity contribution in [3.05, 3.63) is 28.4 Å². The van der Waals surface area contributed by atoms with Crippen molar-refractivity contribution in [2.45, 2.75) is 20.3 Å². The van der Waals surface area contributed by atoms with Crippen molar-refractivity contribution < 1.29 is 18.9 Å². The molecular formula is C12H15FNO3+. The summed E-state index contributed by atoms with van der Waals surface area (Å²) in [6.07, 6.45) is 0.743. The van der Waals surface area contributed by atoms with Crippen LogP contribution in [0.5, 0.6) is 5.75 Å². The van der Waals surface area contributed by atoms with Gasteiger partial charge in [-0.15, -0.1) is 0 Å². The summed E-state index contributed by atoms with van der Waals surface area (Å²) < 4.78 is 19.1. The van der Waals surface area contributed by atoms with Crippen LogP contribution in [0.25, 0.3) is 0 Å². The number of ether oxygens (including phenoxy) is 1. The zero-order chi connectivity index (χ0) is 12.6. The van der Waals surface area contributed by atoms with E-state index in [2.05, 4.69) is 18.7 Å². The molecule has 0 atom stereocenters. The fourth-order valence-corrected chi connectivity index (χ4v) is 1.94. The highest BCUT2D eigenvalue weighted by Gasteiger charge is 2.31. The molecule has 0 N–H and O–H groups in total. The Morgan fingerprint density at radius 1 is 1.47 bits per heavy atom.